The van der Waals surface area contributed by atoms with Gasteiger partial charge in [-0.25, -0.2) is 4.68 Å². The minimum atomic E-state index is 0.620. The van der Waals surface area contributed by atoms with Crippen LogP contribution in [0.2, 0.25) is 0 Å². The van der Waals surface area contributed by atoms with Crippen molar-refractivity contribution in [3.8, 4) is 5.69 Å². The van der Waals surface area contributed by atoms with Crippen molar-refractivity contribution in [3.63, 3.8) is 0 Å². The van der Waals surface area contributed by atoms with E-state index >= 15 is 0 Å². The number of hydrogen-bond acceptors (Lipinski definition) is 2. The van der Waals surface area contributed by atoms with E-state index < -0.39 is 0 Å². The van der Waals surface area contributed by atoms with Crippen molar-refractivity contribution in [2.24, 2.45) is 0 Å². The summed E-state index contributed by atoms with van der Waals surface area (Å²) in [6, 6.07) is 11.9. The zero-order valence-corrected chi connectivity index (χ0v) is 8.84. The summed E-state index contributed by atoms with van der Waals surface area (Å²) in [5.41, 5.74) is 2.01. The van der Waals surface area contributed by atoms with Gasteiger partial charge in [0.15, 0.2) is 0 Å². The van der Waals surface area contributed by atoms with Gasteiger partial charge in [-0.05, 0) is 18.2 Å². The molecular weight excluding hydrogens is 202 g/mol. The molecule has 1 N–H and O–H groups in total. The van der Waals surface area contributed by atoms with Crippen molar-refractivity contribution in [1.82, 2.24) is 15.1 Å². The fourth-order valence-corrected chi connectivity index (χ4v) is 1.48. The fraction of sp³-hybridized carbons (Fsp3) is 0.167. The molecule has 16 heavy (non-hydrogen) atoms. The van der Waals surface area contributed by atoms with Gasteiger partial charge in [-0.3, -0.25) is 4.79 Å². The molecule has 0 bridgehead atoms. The molecule has 0 unspecified atom stereocenters. The van der Waals surface area contributed by atoms with Crippen LogP contribution >= 0.6 is 0 Å². The zero-order chi connectivity index (χ0) is 11.2. The van der Waals surface area contributed by atoms with Crippen LogP contribution in [0.25, 0.3) is 5.69 Å². The Labute approximate surface area is 93.9 Å². The molecule has 0 aliphatic rings. The van der Waals surface area contributed by atoms with Gasteiger partial charge in [-0.1, -0.05) is 18.2 Å². The third kappa shape index (κ3) is 2.48. The lowest BCUT2D eigenvalue weighted by molar-refractivity contribution is -0.109. The lowest BCUT2D eigenvalue weighted by atomic mass is 10.3. The Morgan fingerprint density at radius 1 is 1.25 bits per heavy atom. The third-order valence-corrected chi connectivity index (χ3v) is 2.27. The summed E-state index contributed by atoms with van der Waals surface area (Å²) in [6.45, 7) is 0.620. The van der Waals surface area contributed by atoms with E-state index in [4.69, 9.17) is 0 Å². The first-order chi connectivity index (χ1) is 7.90. The summed E-state index contributed by atoms with van der Waals surface area (Å²) in [7, 11) is 0. The number of benzene rings is 1. The average Bonchev–Trinajstić information content (AvgIpc) is 2.79. The Bertz CT molecular complexity index is 450. The first-order valence-electron chi connectivity index (χ1n) is 5.17. The van der Waals surface area contributed by atoms with Crippen LogP contribution in [0.5, 0.6) is 0 Å². The second-order valence-electron chi connectivity index (χ2n) is 3.41. The van der Waals surface area contributed by atoms with Gasteiger partial charge in [0.1, 0.15) is 0 Å². The maximum Gasteiger partial charge on any atom is 0.207 e. The molecule has 0 spiro atoms. The van der Waals surface area contributed by atoms with Crippen LogP contribution in [0.15, 0.2) is 42.6 Å². The Morgan fingerprint density at radius 3 is 2.81 bits per heavy atom. The monoisotopic (exact) mass is 215 g/mol. The Hall–Kier alpha value is -2.10. The third-order valence-electron chi connectivity index (χ3n) is 2.27. The van der Waals surface area contributed by atoms with E-state index in [-0.39, 0.29) is 0 Å². The SMILES string of the molecule is O=CNCCc1ccn(-c2ccccc2)n1. The molecule has 0 radical (unpaired) electrons. The lowest BCUT2D eigenvalue weighted by Gasteiger charge is -1.99. The molecule has 82 valence electrons. The molecule has 0 aliphatic heterocycles. The van der Waals surface area contributed by atoms with Gasteiger partial charge in [0.05, 0.1) is 11.4 Å². The summed E-state index contributed by atoms with van der Waals surface area (Å²) in [5.74, 6) is 0. The van der Waals surface area contributed by atoms with Crippen molar-refractivity contribution in [3.05, 3.63) is 48.3 Å². The zero-order valence-electron chi connectivity index (χ0n) is 8.84. The predicted octanol–water partition coefficient (Wildman–Crippen LogP) is 1.16. The highest BCUT2D eigenvalue weighted by atomic mass is 16.1. The second-order valence-corrected chi connectivity index (χ2v) is 3.41. The van der Waals surface area contributed by atoms with E-state index in [1.807, 2.05) is 47.3 Å². The lowest BCUT2D eigenvalue weighted by Crippen LogP contribution is -2.14. The Morgan fingerprint density at radius 2 is 2.06 bits per heavy atom. The largest absolute Gasteiger partial charge is 0.358 e. The van der Waals surface area contributed by atoms with Crippen LogP contribution in [0, 0.1) is 0 Å². The molecule has 2 aromatic rings. The molecule has 4 heteroatoms. The first-order valence-corrected chi connectivity index (χ1v) is 5.17. The normalized spacial score (nSPS) is 10.0. The molecule has 0 atom stereocenters. The second kappa shape index (κ2) is 5.11. The van der Waals surface area contributed by atoms with Gasteiger partial charge in [0.2, 0.25) is 6.41 Å². The van der Waals surface area contributed by atoms with Crippen molar-refractivity contribution in [2.45, 2.75) is 6.42 Å². The van der Waals surface area contributed by atoms with E-state index in [9.17, 15) is 4.79 Å². The van der Waals surface area contributed by atoms with Crippen molar-refractivity contribution in [2.75, 3.05) is 6.54 Å². The van der Waals surface area contributed by atoms with E-state index in [1.165, 1.54) is 0 Å². The molecule has 1 aromatic heterocycles. The molecule has 0 saturated carbocycles. The quantitative estimate of drug-likeness (QED) is 0.601. The fourth-order valence-electron chi connectivity index (χ4n) is 1.48. The molecule has 1 amide bonds. The summed E-state index contributed by atoms with van der Waals surface area (Å²) in [6.07, 6.45) is 3.37. The summed E-state index contributed by atoms with van der Waals surface area (Å²) in [4.78, 5) is 10.1. The minimum absolute atomic E-state index is 0.620. The number of rotatable bonds is 5. The van der Waals surface area contributed by atoms with Gasteiger partial charge >= 0.3 is 0 Å². The minimum Gasteiger partial charge on any atom is -0.358 e. The number of hydrogen-bond donors (Lipinski definition) is 1. The standard InChI is InChI=1S/C12H13N3O/c16-10-13-8-6-11-7-9-15(14-11)12-4-2-1-3-5-12/h1-5,7,9-10H,6,8H2,(H,13,16). The molecule has 4 nitrogen and oxygen atoms in total. The van der Waals surface area contributed by atoms with Gasteiger partial charge in [0.25, 0.3) is 0 Å². The summed E-state index contributed by atoms with van der Waals surface area (Å²) < 4.78 is 1.83. The summed E-state index contributed by atoms with van der Waals surface area (Å²) in [5, 5.41) is 7.03. The number of carbonyl (C=O) groups is 1. The van der Waals surface area contributed by atoms with Crippen molar-refractivity contribution < 1.29 is 4.79 Å². The molecule has 0 aliphatic carbocycles. The van der Waals surface area contributed by atoms with E-state index in [0.717, 1.165) is 17.8 Å². The van der Waals surface area contributed by atoms with Crippen molar-refractivity contribution in [1.29, 1.82) is 0 Å². The average molecular weight is 215 g/mol. The van der Waals surface area contributed by atoms with Gasteiger partial charge in [-0.15, -0.1) is 0 Å². The number of nitrogens with one attached hydrogen (secondary N) is 1. The van der Waals surface area contributed by atoms with Crippen LogP contribution in [0.3, 0.4) is 0 Å². The molecular formula is C12H13N3O. The number of para-hydroxylation sites is 1. The number of carbonyl (C=O) groups excluding carboxylic acids is 1. The van der Waals surface area contributed by atoms with E-state index in [1.54, 1.807) is 0 Å². The van der Waals surface area contributed by atoms with Crippen LogP contribution in [0.4, 0.5) is 0 Å². The number of amides is 1. The molecule has 2 rings (SSSR count). The smallest absolute Gasteiger partial charge is 0.207 e. The van der Waals surface area contributed by atoms with Crippen LogP contribution in [-0.2, 0) is 11.2 Å². The van der Waals surface area contributed by atoms with Gasteiger partial charge in [-0.2, -0.15) is 5.10 Å². The van der Waals surface area contributed by atoms with Crippen LogP contribution in [0.1, 0.15) is 5.69 Å². The predicted molar refractivity (Wildman–Crippen MR) is 61.3 cm³/mol. The van der Waals surface area contributed by atoms with Crippen LogP contribution in [-0.4, -0.2) is 22.7 Å². The Balaban J connectivity index is 2.05. The number of nitrogens with zero attached hydrogens (tertiary/aromatic N) is 2. The highest BCUT2D eigenvalue weighted by Gasteiger charge is 1.99. The summed E-state index contributed by atoms with van der Waals surface area (Å²) >= 11 is 0. The molecule has 0 fully saturated rings. The first kappa shape index (κ1) is 10.4. The van der Waals surface area contributed by atoms with Gasteiger partial charge < -0.3 is 5.32 Å². The van der Waals surface area contributed by atoms with Crippen LogP contribution < -0.4 is 5.32 Å². The maximum absolute atomic E-state index is 10.1. The number of aromatic nitrogens is 2. The molecule has 1 aromatic carbocycles. The highest BCUT2D eigenvalue weighted by molar-refractivity contribution is 5.45. The maximum atomic E-state index is 10.1. The highest BCUT2D eigenvalue weighted by Crippen LogP contribution is 2.06. The molecule has 0 saturated heterocycles. The van der Waals surface area contributed by atoms with Crippen molar-refractivity contribution >= 4 is 6.41 Å². The van der Waals surface area contributed by atoms with E-state index in [0.29, 0.717) is 13.0 Å². The topological polar surface area (TPSA) is 46.9 Å². The van der Waals surface area contributed by atoms with E-state index in [2.05, 4.69) is 10.4 Å². The van der Waals surface area contributed by atoms with Gasteiger partial charge in [0, 0.05) is 19.2 Å². The molecule has 1 heterocycles. The Kier molecular flexibility index (Phi) is 3.33.